The van der Waals surface area contributed by atoms with E-state index in [2.05, 4.69) is 20.4 Å². The lowest BCUT2D eigenvalue weighted by molar-refractivity contribution is 0.203. The SMILES string of the molecule is COc1cc2c(N[C@H]3CCNC3)nc(N3CCCC3)nc2cc1OCCCN1CCCCC1. The van der Waals surface area contributed by atoms with Gasteiger partial charge >= 0.3 is 0 Å². The van der Waals surface area contributed by atoms with Crippen molar-refractivity contribution in [1.29, 1.82) is 0 Å². The average Bonchev–Trinajstić information content (AvgIpc) is 3.57. The van der Waals surface area contributed by atoms with Crippen LogP contribution in [0.1, 0.15) is 44.9 Å². The Hall–Kier alpha value is -2.32. The van der Waals surface area contributed by atoms with Gasteiger partial charge in [0.2, 0.25) is 5.95 Å². The molecule has 8 nitrogen and oxygen atoms in total. The van der Waals surface area contributed by atoms with Crippen molar-refractivity contribution >= 4 is 22.7 Å². The van der Waals surface area contributed by atoms with Gasteiger partial charge in [-0.1, -0.05) is 6.42 Å². The molecule has 3 saturated heterocycles. The number of likely N-dealkylation sites (tertiary alicyclic amines) is 1. The van der Waals surface area contributed by atoms with Crippen LogP contribution in [0.25, 0.3) is 10.9 Å². The Morgan fingerprint density at radius 2 is 1.85 bits per heavy atom. The Kier molecular flexibility index (Phi) is 7.31. The fraction of sp³-hybridized carbons (Fsp3) is 0.680. The van der Waals surface area contributed by atoms with Crippen LogP contribution in [0.2, 0.25) is 0 Å². The topological polar surface area (TPSA) is 74.8 Å². The second kappa shape index (κ2) is 10.7. The number of piperidine rings is 1. The van der Waals surface area contributed by atoms with E-state index in [1.807, 2.05) is 12.1 Å². The van der Waals surface area contributed by atoms with Crippen LogP contribution in [-0.4, -0.2) is 80.4 Å². The molecule has 3 aliphatic heterocycles. The van der Waals surface area contributed by atoms with Gasteiger partial charge in [-0.05, 0) is 64.2 Å². The van der Waals surface area contributed by atoms with Crippen LogP contribution < -0.4 is 25.0 Å². The molecule has 4 heterocycles. The summed E-state index contributed by atoms with van der Waals surface area (Å²) < 4.78 is 11.9. The lowest BCUT2D eigenvalue weighted by atomic mass is 10.1. The summed E-state index contributed by atoms with van der Waals surface area (Å²) >= 11 is 0. The fourth-order valence-corrected chi connectivity index (χ4v) is 5.19. The predicted octanol–water partition coefficient (Wildman–Crippen LogP) is 3.27. The first-order valence-electron chi connectivity index (χ1n) is 12.8. The lowest BCUT2D eigenvalue weighted by Crippen LogP contribution is -2.31. The number of hydrogen-bond donors (Lipinski definition) is 2. The maximum atomic E-state index is 6.21. The van der Waals surface area contributed by atoms with Crippen LogP contribution in [0.5, 0.6) is 11.5 Å². The van der Waals surface area contributed by atoms with Crippen molar-refractivity contribution in [2.24, 2.45) is 0 Å². The van der Waals surface area contributed by atoms with E-state index in [0.29, 0.717) is 12.6 Å². The Balaban J connectivity index is 1.37. The molecule has 180 valence electrons. The van der Waals surface area contributed by atoms with Gasteiger partial charge in [0.05, 0.1) is 19.2 Å². The Morgan fingerprint density at radius 3 is 2.61 bits per heavy atom. The molecule has 1 atom stereocenters. The van der Waals surface area contributed by atoms with Crippen LogP contribution in [0.15, 0.2) is 12.1 Å². The molecule has 3 fully saturated rings. The number of nitrogens with one attached hydrogen (secondary N) is 2. The van der Waals surface area contributed by atoms with Crippen LogP contribution in [0.4, 0.5) is 11.8 Å². The van der Waals surface area contributed by atoms with E-state index < -0.39 is 0 Å². The van der Waals surface area contributed by atoms with E-state index in [0.717, 1.165) is 79.7 Å². The molecule has 0 saturated carbocycles. The van der Waals surface area contributed by atoms with Crippen LogP contribution in [0, 0.1) is 0 Å². The molecule has 0 bridgehead atoms. The summed E-state index contributed by atoms with van der Waals surface area (Å²) in [5.41, 5.74) is 0.909. The molecule has 33 heavy (non-hydrogen) atoms. The van der Waals surface area contributed by atoms with Gasteiger partial charge < -0.3 is 29.9 Å². The third-order valence-electron chi connectivity index (χ3n) is 7.08. The summed E-state index contributed by atoms with van der Waals surface area (Å²) in [6.45, 7) is 8.27. The molecule has 2 N–H and O–H groups in total. The van der Waals surface area contributed by atoms with Crippen LogP contribution >= 0.6 is 0 Å². The smallest absolute Gasteiger partial charge is 0.227 e. The van der Waals surface area contributed by atoms with Gasteiger partial charge in [0.1, 0.15) is 5.82 Å². The van der Waals surface area contributed by atoms with Crippen molar-refractivity contribution in [2.75, 3.05) is 69.7 Å². The van der Waals surface area contributed by atoms with E-state index in [-0.39, 0.29) is 0 Å². The van der Waals surface area contributed by atoms with Gasteiger partial charge in [-0.3, -0.25) is 0 Å². The minimum Gasteiger partial charge on any atom is -0.493 e. The number of nitrogens with zero attached hydrogens (tertiary/aromatic N) is 4. The predicted molar refractivity (Wildman–Crippen MR) is 133 cm³/mol. The van der Waals surface area contributed by atoms with Crippen molar-refractivity contribution in [3.8, 4) is 11.5 Å². The van der Waals surface area contributed by atoms with E-state index in [4.69, 9.17) is 19.4 Å². The zero-order valence-electron chi connectivity index (χ0n) is 19.9. The minimum absolute atomic E-state index is 0.381. The van der Waals surface area contributed by atoms with E-state index in [9.17, 15) is 0 Å². The van der Waals surface area contributed by atoms with Gasteiger partial charge in [-0.2, -0.15) is 4.98 Å². The normalized spacial score (nSPS) is 21.6. The Morgan fingerprint density at radius 1 is 1.03 bits per heavy atom. The van der Waals surface area contributed by atoms with Crippen molar-refractivity contribution in [1.82, 2.24) is 20.2 Å². The summed E-state index contributed by atoms with van der Waals surface area (Å²) in [4.78, 5) is 14.7. The highest BCUT2D eigenvalue weighted by molar-refractivity contribution is 5.93. The molecule has 0 aliphatic carbocycles. The summed E-state index contributed by atoms with van der Waals surface area (Å²) in [5.74, 6) is 3.22. The molecule has 1 aromatic carbocycles. The average molecular weight is 455 g/mol. The Bertz CT molecular complexity index is 921. The summed E-state index contributed by atoms with van der Waals surface area (Å²) in [7, 11) is 1.70. The number of rotatable bonds is 9. The van der Waals surface area contributed by atoms with Gasteiger partial charge in [0.25, 0.3) is 0 Å². The van der Waals surface area contributed by atoms with Crippen molar-refractivity contribution < 1.29 is 9.47 Å². The van der Waals surface area contributed by atoms with Crippen molar-refractivity contribution in [3.63, 3.8) is 0 Å². The molecule has 0 unspecified atom stereocenters. The second-order valence-corrected chi connectivity index (χ2v) is 9.52. The molecule has 0 amide bonds. The number of aromatic nitrogens is 2. The van der Waals surface area contributed by atoms with Crippen LogP contribution in [0.3, 0.4) is 0 Å². The van der Waals surface area contributed by atoms with Gasteiger partial charge in [0.15, 0.2) is 11.5 Å². The number of anilines is 2. The van der Waals surface area contributed by atoms with Gasteiger partial charge in [0, 0.05) is 43.7 Å². The van der Waals surface area contributed by atoms with Gasteiger partial charge in [-0.25, -0.2) is 4.98 Å². The maximum Gasteiger partial charge on any atom is 0.227 e. The highest BCUT2D eigenvalue weighted by atomic mass is 16.5. The summed E-state index contributed by atoms with van der Waals surface area (Å²) in [6, 6.07) is 4.45. The molecule has 5 rings (SSSR count). The van der Waals surface area contributed by atoms with E-state index in [1.54, 1.807) is 7.11 Å². The second-order valence-electron chi connectivity index (χ2n) is 9.52. The third-order valence-corrected chi connectivity index (χ3v) is 7.08. The first-order valence-corrected chi connectivity index (χ1v) is 12.8. The number of ether oxygens (including phenoxy) is 2. The van der Waals surface area contributed by atoms with Crippen molar-refractivity contribution in [2.45, 2.75) is 51.0 Å². The van der Waals surface area contributed by atoms with Crippen LogP contribution in [-0.2, 0) is 0 Å². The van der Waals surface area contributed by atoms with Gasteiger partial charge in [-0.15, -0.1) is 0 Å². The standard InChI is InChI=1S/C25H38N6O2/c1-32-22-16-20-21(17-23(22)33-15-7-12-30-10-3-2-4-11-30)28-25(31-13-5-6-14-31)29-24(20)27-19-8-9-26-18-19/h16-17,19,26H,2-15,18H2,1H3,(H,27,28,29)/t19-/m0/s1. The first-order chi connectivity index (χ1) is 16.3. The van der Waals surface area contributed by atoms with Crippen molar-refractivity contribution in [3.05, 3.63) is 12.1 Å². The molecular formula is C25H38N6O2. The number of methoxy groups -OCH3 is 1. The molecule has 0 radical (unpaired) electrons. The molecule has 2 aromatic rings. The van der Waals surface area contributed by atoms with E-state index >= 15 is 0 Å². The number of benzene rings is 1. The fourth-order valence-electron chi connectivity index (χ4n) is 5.19. The highest BCUT2D eigenvalue weighted by Crippen LogP contribution is 2.36. The monoisotopic (exact) mass is 454 g/mol. The largest absolute Gasteiger partial charge is 0.493 e. The third kappa shape index (κ3) is 5.44. The summed E-state index contributed by atoms with van der Waals surface area (Å²) in [6.07, 6.45) is 8.54. The minimum atomic E-state index is 0.381. The molecule has 3 aliphatic rings. The quantitative estimate of drug-likeness (QED) is 0.560. The lowest BCUT2D eigenvalue weighted by Gasteiger charge is -2.26. The zero-order chi connectivity index (χ0) is 22.5. The zero-order valence-corrected chi connectivity index (χ0v) is 19.9. The summed E-state index contributed by atoms with van der Waals surface area (Å²) in [5, 5.41) is 8.08. The Labute approximate surface area is 197 Å². The van der Waals surface area contributed by atoms with E-state index in [1.165, 1.54) is 45.2 Å². The maximum absolute atomic E-state index is 6.21. The first kappa shape index (κ1) is 22.5. The number of hydrogen-bond acceptors (Lipinski definition) is 8. The highest BCUT2D eigenvalue weighted by Gasteiger charge is 2.22. The molecule has 0 spiro atoms. The molecule has 8 heteroatoms. The molecular weight excluding hydrogens is 416 g/mol. The number of fused-ring (bicyclic) bond motifs is 1. The molecule has 1 aromatic heterocycles.